The van der Waals surface area contributed by atoms with E-state index in [1.54, 1.807) is 13.0 Å². The van der Waals surface area contributed by atoms with Gasteiger partial charge in [-0.2, -0.15) is 4.98 Å². The number of hydrogen-bond acceptors (Lipinski definition) is 5. The van der Waals surface area contributed by atoms with Gasteiger partial charge in [0.2, 0.25) is 0 Å². The molecule has 128 valence electrons. The second-order valence-electron chi connectivity index (χ2n) is 5.86. The minimum Gasteiger partial charge on any atom is -0.483 e. The van der Waals surface area contributed by atoms with E-state index in [9.17, 15) is 4.79 Å². The maximum Gasteiger partial charge on any atom is 0.262 e. The SMILES string of the molecule is Cc1cc(C)cc(NC(=O)COc2ccccc2-c2nc(C)no2)c1. The smallest absolute Gasteiger partial charge is 0.262 e. The van der Waals surface area contributed by atoms with Gasteiger partial charge in [0.25, 0.3) is 11.8 Å². The van der Waals surface area contributed by atoms with Crippen LogP contribution in [0.1, 0.15) is 17.0 Å². The van der Waals surface area contributed by atoms with E-state index in [0.29, 0.717) is 23.0 Å². The van der Waals surface area contributed by atoms with E-state index in [2.05, 4.69) is 21.5 Å². The molecule has 0 bridgehead atoms. The minimum atomic E-state index is -0.235. The molecule has 1 aromatic heterocycles. The molecule has 0 saturated heterocycles. The van der Waals surface area contributed by atoms with E-state index in [1.165, 1.54) is 0 Å². The standard InChI is InChI=1S/C19H19N3O3/c1-12-8-13(2)10-15(9-12)21-18(23)11-24-17-7-5-4-6-16(17)19-20-14(3)22-25-19/h4-10H,11H2,1-3H3,(H,21,23). The van der Waals surface area contributed by atoms with Gasteiger partial charge in [0, 0.05) is 5.69 Å². The van der Waals surface area contributed by atoms with Gasteiger partial charge in [-0.3, -0.25) is 4.79 Å². The number of benzene rings is 2. The van der Waals surface area contributed by atoms with Gasteiger partial charge < -0.3 is 14.6 Å². The van der Waals surface area contributed by atoms with Crippen LogP contribution in [0.25, 0.3) is 11.5 Å². The normalized spacial score (nSPS) is 10.5. The Hall–Kier alpha value is -3.15. The summed E-state index contributed by atoms with van der Waals surface area (Å²) in [5.74, 6) is 1.18. The van der Waals surface area contributed by atoms with Gasteiger partial charge in [0.1, 0.15) is 5.75 Å². The second kappa shape index (κ2) is 7.17. The molecular weight excluding hydrogens is 318 g/mol. The Morgan fingerprint density at radius 2 is 1.84 bits per heavy atom. The molecule has 1 N–H and O–H groups in total. The first-order valence-corrected chi connectivity index (χ1v) is 7.92. The number of ether oxygens (including phenoxy) is 1. The summed E-state index contributed by atoms with van der Waals surface area (Å²) >= 11 is 0. The Bertz CT molecular complexity index is 882. The first-order valence-electron chi connectivity index (χ1n) is 7.92. The predicted octanol–water partition coefficient (Wildman–Crippen LogP) is 3.68. The Kier molecular flexibility index (Phi) is 4.79. The largest absolute Gasteiger partial charge is 0.483 e. The molecule has 0 spiro atoms. The van der Waals surface area contributed by atoms with E-state index in [4.69, 9.17) is 9.26 Å². The number of aromatic nitrogens is 2. The van der Waals surface area contributed by atoms with Crippen LogP contribution < -0.4 is 10.1 Å². The molecule has 25 heavy (non-hydrogen) atoms. The van der Waals surface area contributed by atoms with Crippen LogP contribution in [0.3, 0.4) is 0 Å². The van der Waals surface area contributed by atoms with Crippen LogP contribution in [-0.2, 0) is 4.79 Å². The number of nitrogens with one attached hydrogen (secondary N) is 1. The number of rotatable bonds is 5. The molecule has 0 unspecified atom stereocenters. The van der Waals surface area contributed by atoms with E-state index in [0.717, 1.165) is 16.8 Å². The van der Waals surface area contributed by atoms with Crippen LogP contribution in [0, 0.1) is 20.8 Å². The van der Waals surface area contributed by atoms with E-state index >= 15 is 0 Å². The molecule has 1 amide bonds. The van der Waals surface area contributed by atoms with Crippen molar-refractivity contribution in [2.75, 3.05) is 11.9 Å². The molecule has 3 aromatic rings. The summed E-state index contributed by atoms with van der Waals surface area (Å²) in [7, 11) is 0. The fourth-order valence-corrected chi connectivity index (χ4v) is 2.56. The summed E-state index contributed by atoms with van der Waals surface area (Å²) < 4.78 is 10.8. The van der Waals surface area contributed by atoms with Gasteiger partial charge in [-0.25, -0.2) is 0 Å². The molecule has 0 atom stereocenters. The highest BCUT2D eigenvalue weighted by Crippen LogP contribution is 2.28. The number of carbonyl (C=O) groups is 1. The molecule has 0 fully saturated rings. The van der Waals surface area contributed by atoms with Crippen molar-refractivity contribution in [2.45, 2.75) is 20.8 Å². The van der Waals surface area contributed by atoms with Crippen molar-refractivity contribution < 1.29 is 14.1 Å². The zero-order chi connectivity index (χ0) is 17.8. The Balaban J connectivity index is 1.68. The lowest BCUT2D eigenvalue weighted by Gasteiger charge is -2.10. The molecule has 0 aliphatic heterocycles. The number of nitrogens with zero attached hydrogens (tertiary/aromatic N) is 2. The van der Waals surface area contributed by atoms with Crippen LogP contribution in [0.4, 0.5) is 5.69 Å². The fourth-order valence-electron chi connectivity index (χ4n) is 2.56. The van der Waals surface area contributed by atoms with Crippen LogP contribution in [0.2, 0.25) is 0 Å². The number of para-hydroxylation sites is 1. The van der Waals surface area contributed by atoms with Crippen LogP contribution in [0.15, 0.2) is 47.0 Å². The molecule has 0 radical (unpaired) electrons. The molecule has 0 saturated carbocycles. The van der Waals surface area contributed by atoms with Crippen LogP contribution in [0.5, 0.6) is 5.75 Å². The highest BCUT2D eigenvalue weighted by atomic mass is 16.5. The summed E-state index contributed by atoms with van der Waals surface area (Å²) in [5, 5.41) is 6.62. The first-order chi connectivity index (χ1) is 12.0. The molecule has 0 aliphatic rings. The molecule has 6 heteroatoms. The Morgan fingerprint density at radius 3 is 2.52 bits per heavy atom. The molecule has 3 rings (SSSR count). The summed E-state index contributed by atoms with van der Waals surface area (Å²) in [6, 6.07) is 13.1. The van der Waals surface area contributed by atoms with Crippen molar-refractivity contribution in [2.24, 2.45) is 0 Å². The molecule has 1 heterocycles. The minimum absolute atomic E-state index is 0.114. The molecule has 2 aromatic carbocycles. The van der Waals surface area contributed by atoms with Crippen molar-refractivity contribution in [1.29, 1.82) is 0 Å². The molecular formula is C19H19N3O3. The van der Waals surface area contributed by atoms with Crippen molar-refractivity contribution in [3.8, 4) is 17.2 Å². The van der Waals surface area contributed by atoms with E-state index in [-0.39, 0.29) is 12.5 Å². The lowest BCUT2D eigenvalue weighted by atomic mass is 10.1. The van der Waals surface area contributed by atoms with E-state index < -0.39 is 0 Å². The maximum absolute atomic E-state index is 12.2. The first kappa shape index (κ1) is 16.7. The van der Waals surface area contributed by atoms with Gasteiger partial charge in [0.15, 0.2) is 12.4 Å². The highest BCUT2D eigenvalue weighted by Gasteiger charge is 2.13. The van der Waals surface area contributed by atoms with Crippen LogP contribution in [-0.4, -0.2) is 22.7 Å². The lowest BCUT2D eigenvalue weighted by Crippen LogP contribution is -2.20. The summed E-state index contributed by atoms with van der Waals surface area (Å²) in [6.45, 7) is 5.61. The third-order valence-corrected chi connectivity index (χ3v) is 3.51. The molecule has 6 nitrogen and oxygen atoms in total. The number of aryl methyl sites for hydroxylation is 3. The number of anilines is 1. The Labute approximate surface area is 145 Å². The summed E-state index contributed by atoms with van der Waals surface area (Å²) in [4.78, 5) is 16.4. The van der Waals surface area contributed by atoms with Crippen LogP contribution >= 0.6 is 0 Å². The number of amides is 1. The van der Waals surface area contributed by atoms with Gasteiger partial charge in [-0.1, -0.05) is 23.4 Å². The van der Waals surface area contributed by atoms with Crippen molar-refractivity contribution in [1.82, 2.24) is 10.1 Å². The average molecular weight is 337 g/mol. The lowest BCUT2D eigenvalue weighted by molar-refractivity contribution is -0.118. The van der Waals surface area contributed by atoms with Crippen molar-refractivity contribution in [3.05, 3.63) is 59.4 Å². The number of hydrogen-bond donors (Lipinski definition) is 1. The third-order valence-electron chi connectivity index (χ3n) is 3.51. The second-order valence-corrected chi connectivity index (χ2v) is 5.86. The zero-order valence-electron chi connectivity index (χ0n) is 14.4. The quantitative estimate of drug-likeness (QED) is 0.768. The van der Waals surface area contributed by atoms with Crippen molar-refractivity contribution >= 4 is 11.6 Å². The van der Waals surface area contributed by atoms with Crippen molar-refractivity contribution in [3.63, 3.8) is 0 Å². The summed E-state index contributed by atoms with van der Waals surface area (Å²) in [5.41, 5.74) is 3.59. The number of carbonyl (C=O) groups excluding carboxylic acids is 1. The predicted molar refractivity (Wildman–Crippen MR) is 94.5 cm³/mol. The fraction of sp³-hybridized carbons (Fsp3) is 0.211. The van der Waals surface area contributed by atoms with E-state index in [1.807, 2.05) is 44.2 Å². The maximum atomic E-state index is 12.2. The van der Waals surface area contributed by atoms with Gasteiger partial charge in [-0.15, -0.1) is 0 Å². The monoisotopic (exact) mass is 337 g/mol. The topological polar surface area (TPSA) is 77.2 Å². The third kappa shape index (κ3) is 4.23. The molecule has 0 aliphatic carbocycles. The Morgan fingerprint density at radius 1 is 1.12 bits per heavy atom. The summed E-state index contributed by atoms with van der Waals surface area (Å²) in [6.07, 6.45) is 0. The highest BCUT2D eigenvalue weighted by molar-refractivity contribution is 5.92. The van der Waals surface area contributed by atoms with Gasteiger partial charge in [-0.05, 0) is 56.2 Å². The average Bonchev–Trinajstić information content (AvgIpc) is 2.98. The zero-order valence-corrected chi connectivity index (χ0v) is 14.4. The van der Waals surface area contributed by atoms with Gasteiger partial charge >= 0.3 is 0 Å². The van der Waals surface area contributed by atoms with Gasteiger partial charge in [0.05, 0.1) is 5.56 Å².